The highest BCUT2D eigenvalue weighted by molar-refractivity contribution is 6.15. The van der Waals surface area contributed by atoms with Crippen molar-refractivity contribution in [1.29, 1.82) is 5.26 Å². The lowest BCUT2D eigenvalue weighted by Crippen LogP contribution is -2.36. The highest BCUT2D eigenvalue weighted by atomic mass is 16.6. The highest BCUT2D eigenvalue weighted by Gasteiger charge is 2.34. The molecule has 5 nitrogen and oxygen atoms in total. The number of allylic oxidation sites excluding steroid dienone is 13. The Labute approximate surface area is 247 Å². The van der Waals surface area contributed by atoms with Crippen molar-refractivity contribution < 1.29 is 9.53 Å². The van der Waals surface area contributed by atoms with Crippen LogP contribution in [-0.4, -0.2) is 42.9 Å². The van der Waals surface area contributed by atoms with Crippen LogP contribution in [0.15, 0.2) is 104 Å². The number of carbonyl (C=O) groups excluding carboxylic acids is 1. The SMILES string of the molecule is C=C(C)/C(C(=C)CCCN(CC(C)C)C(=O)OC(C)C)=C1/C(C2CC2)=CC(C2=CC(C#N)=CC=C=C2C)=CC1=NC. The van der Waals surface area contributed by atoms with Crippen LogP contribution in [0.5, 0.6) is 0 Å². The topological polar surface area (TPSA) is 65.7 Å². The van der Waals surface area contributed by atoms with Crippen molar-refractivity contribution in [1.82, 2.24) is 4.90 Å². The molecule has 0 aromatic carbocycles. The number of rotatable bonds is 11. The Hall–Kier alpha value is -3.87. The number of carbonyl (C=O) groups is 1. The zero-order chi connectivity index (χ0) is 30.3. The smallest absolute Gasteiger partial charge is 0.410 e. The molecule has 0 saturated heterocycles. The fourth-order valence-corrected chi connectivity index (χ4v) is 5.26. The summed E-state index contributed by atoms with van der Waals surface area (Å²) in [5.41, 5.74) is 13.2. The molecule has 0 spiro atoms. The fourth-order valence-electron chi connectivity index (χ4n) is 5.26. The van der Waals surface area contributed by atoms with E-state index in [1.54, 1.807) is 12.2 Å². The summed E-state index contributed by atoms with van der Waals surface area (Å²) in [4.78, 5) is 19.3. The Balaban J connectivity index is 1.95. The third kappa shape index (κ3) is 8.32. The van der Waals surface area contributed by atoms with Crippen LogP contribution >= 0.6 is 0 Å². The molecule has 3 aliphatic rings. The van der Waals surface area contributed by atoms with Crippen LogP contribution in [0, 0.1) is 23.2 Å². The lowest BCUT2D eigenvalue weighted by atomic mass is 9.79. The maximum absolute atomic E-state index is 12.7. The summed E-state index contributed by atoms with van der Waals surface area (Å²) in [5, 5.41) is 9.59. The highest BCUT2D eigenvalue weighted by Crippen LogP contribution is 2.46. The van der Waals surface area contributed by atoms with Crippen LogP contribution in [0.25, 0.3) is 0 Å². The van der Waals surface area contributed by atoms with Crippen LogP contribution in [0.3, 0.4) is 0 Å². The van der Waals surface area contributed by atoms with Crippen molar-refractivity contribution in [3.8, 4) is 6.07 Å². The maximum Gasteiger partial charge on any atom is 0.410 e. The monoisotopic (exact) mass is 551 g/mol. The lowest BCUT2D eigenvalue weighted by molar-refractivity contribution is 0.0729. The minimum atomic E-state index is -0.261. The minimum absolute atomic E-state index is 0.151. The van der Waals surface area contributed by atoms with E-state index < -0.39 is 0 Å². The molecule has 216 valence electrons. The Morgan fingerprint density at radius 1 is 1.22 bits per heavy atom. The number of nitriles is 1. The maximum atomic E-state index is 12.7. The van der Waals surface area contributed by atoms with Crippen molar-refractivity contribution in [3.63, 3.8) is 0 Å². The Morgan fingerprint density at radius 3 is 2.49 bits per heavy atom. The average molecular weight is 552 g/mol. The van der Waals surface area contributed by atoms with E-state index in [0.717, 1.165) is 70.4 Å². The van der Waals surface area contributed by atoms with Gasteiger partial charge < -0.3 is 9.64 Å². The van der Waals surface area contributed by atoms with Gasteiger partial charge in [-0.3, -0.25) is 4.99 Å². The van der Waals surface area contributed by atoms with Gasteiger partial charge in [0.1, 0.15) is 0 Å². The number of amides is 1. The molecule has 1 amide bonds. The summed E-state index contributed by atoms with van der Waals surface area (Å²) < 4.78 is 5.49. The molecule has 41 heavy (non-hydrogen) atoms. The summed E-state index contributed by atoms with van der Waals surface area (Å²) in [5.74, 6) is 0.804. The van der Waals surface area contributed by atoms with Crippen LogP contribution in [0.2, 0.25) is 0 Å². The summed E-state index contributed by atoms with van der Waals surface area (Å²) >= 11 is 0. The second-order valence-electron chi connectivity index (χ2n) is 11.8. The van der Waals surface area contributed by atoms with E-state index >= 15 is 0 Å². The summed E-state index contributed by atoms with van der Waals surface area (Å²) in [6, 6.07) is 2.27. The first-order chi connectivity index (χ1) is 19.5. The standard InChI is InChI=1S/C36H45N3O2/c1-23(2)22-39(36(40)41-25(5)6)17-11-13-27(8)34(24(3)4)35-32(29-15-16-29)19-30(20-33(35)38-9)31-18-28(21-37)14-10-12-26(31)7/h10,14,18-20,23,25,29H,3,8,11,13,15-17,22H2,1-2,4-7,9H3/b35-34+,38-33?. The van der Waals surface area contributed by atoms with Gasteiger partial charge in [-0.05, 0) is 123 Å². The van der Waals surface area contributed by atoms with Crippen molar-refractivity contribution in [2.75, 3.05) is 20.1 Å². The molecule has 0 aliphatic heterocycles. The first-order valence-corrected chi connectivity index (χ1v) is 14.7. The molecular formula is C36H45N3O2. The Morgan fingerprint density at radius 2 is 1.93 bits per heavy atom. The van der Waals surface area contributed by atoms with E-state index in [2.05, 4.69) is 51.0 Å². The van der Waals surface area contributed by atoms with Gasteiger partial charge in [0.25, 0.3) is 0 Å². The first kappa shape index (κ1) is 31.7. The predicted molar refractivity (Wildman–Crippen MR) is 170 cm³/mol. The largest absolute Gasteiger partial charge is 0.447 e. The molecule has 0 aromatic heterocycles. The number of nitrogens with zero attached hydrogens (tertiary/aromatic N) is 3. The molecule has 0 heterocycles. The first-order valence-electron chi connectivity index (χ1n) is 14.7. The average Bonchev–Trinajstić information content (AvgIpc) is 3.75. The number of ether oxygens (including phenoxy) is 1. The Bertz CT molecular complexity index is 1390. The molecule has 0 aromatic rings. The molecule has 0 N–H and O–H groups in total. The molecule has 1 saturated carbocycles. The van der Waals surface area contributed by atoms with Gasteiger partial charge in [0.15, 0.2) is 0 Å². The van der Waals surface area contributed by atoms with Crippen LogP contribution < -0.4 is 0 Å². The van der Waals surface area contributed by atoms with E-state index in [4.69, 9.17) is 9.73 Å². The third-order valence-corrected chi connectivity index (χ3v) is 7.23. The number of hydrogen-bond acceptors (Lipinski definition) is 4. The van der Waals surface area contributed by atoms with Gasteiger partial charge in [-0.1, -0.05) is 38.7 Å². The van der Waals surface area contributed by atoms with Gasteiger partial charge >= 0.3 is 6.09 Å². The van der Waals surface area contributed by atoms with Gasteiger partial charge in [0.05, 0.1) is 23.5 Å². The van der Waals surface area contributed by atoms with Gasteiger partial charge in [0.2, 0.25) is 0 Å². The molecular weight excluding hydrogens is 506 g/mol. The molecule has 3 rings (SSSR count). The van der Waals surface area contributed by atoms with E-state index in [0.29, 0.717) is 30.5 Å². The van der Waals surface area contributed by atoms with Gasteiger partial charge in [-0.2, -0.15) is 5.26 Å². The van der Waals surface area contributed by atoms with Crippen LogP contribution in [0.1, 0.15) is 67.2 Å². The van der Waals surface area contributed by atoms with E-state index in [-0.39, 0.29) is 12.2 Å². The normalized spacial score (nSPS) is 19.0. The van der Waals surface area contributed by atoms with Gasteiger partial charge in [0, 0.05) is 25.7 Å². The molecule has 0 unspecified atom stereocenters. The molecule has 5 heteroatoms. The molecule has 0 atom stereocenters. The van der Waals surface area contributed by atoms with E-state index in [9.17, 15) is 10.1 Å². The van der Waals surface area contributed by atoms with Crippen molar-refractivity contribution >= 4 is 11.8 Å². The van der Waals surface area contributed by atoms with Crippen molar-refractivity contribution in [2.45, 2.75) is 73.3 Å². The molecule has 0 radical (unpaired) electrons. The van der Waals surface area contributed by atoms with Crippen LogP contribution in [-0.2, 0) is 4.74 Å². The Kier molecular flexibility index (Phi) is 10.9. The van der Waals surface area contributed by atoms with Crippen molar-refractivity contribution in [2.24, 2.45) is 16.8 Å². The summed E-state index contributed by atoms with van der Waals surface area (Å²) in [7, 11) is 1.83. The molecule has 3 aliphatic carbocycles. The zero-order valence-electron chi connectivity index (χ0n) is 25.9. The quantitative estimate of drug-likeness (QED) is 0.242. The second kappa shape index (κ2) is 14.2. The van der Waals surface area contributed by atoms with Crippen molar-refractivity contribution in [3.05, 3.63) is 99.4 Å². The van der Waals surface area contributed by atoms with E-state index in [1.165, 1.54) is 5.57 Å². The van der Waals surface area contributed by atoms with Crippen LogP contribution in [0.4, 0.5) is 4.79 Å². The third-order valence-electron chi connectivity index (χ3n) is 7.23. The summed E-state index contributed by atoms with van der Waals surface area (Å²) in [6.45, 7) is 22.1. The zero-order valence-corrected chi connectivity index (χ0v) is 25.9. The van der Waals surface area contributed by atoms with Gasteiger partial charge in [-0.15, -0.1) is 5.73 Å². The minimum Gasteiger partial charge on any atom is -0.447 e. The molecule has 1 fully saturated rings. The van der Waals surface area contributed by atoms with E-state index in [1.807, 2.05) is 45.7 Å². The number of hydrogen-bond donors (Lipinski definition) is 0. The van der Waals surface area contributed by atoms with Gasteiger partial charge in [-0.25, -0.2) is 4.79 Å². The fraction of sp³-hybridized carbons (Fsp3) is 0.444. The second-order valence-corrected chi connectivity index (χ2v) is 11.8. The predicted octanol–water partition coefficient (Wildman–Crippen LogP) is 8.54. The molecule has 0 bridgehead atoms. The lowest BCUT2D eigenvalue weighted by Gasteiger charge is -2.27. The number of aliphatic imine (C=N–C) groups is 1. The summed E-state index contributed by atoms with van der Waals surface area (Å²) in [6.07, 6.45) is 13.3.